The van der Waals surface area contributed by atoms with Crippen LogP contribution < -0.4 is 5.32 Å². The zero-order valence-electron chi connectivity index (χ0n) is 16.6. The molecular weight excluding hydrogens is 350 g/mol. The van der Waals surface area contributed by atoms with E-state index in [1.54, 1.807) is 23.2 Å². The standard InChI is InChI=1S/C23H29N3O2/c1-2-26(17-18-10-6-5-7-11-18)23(28)21-16-19(14-15-24-21)22(27)25-20-12-8-3-4-9-13-20/h5-7,10-11,14-16,20H,2-4,8-9,12-13,17H2,1H3,(H,25,27). The number of amides is 2. The summed E-state index contributed by atoms with van der Waals surface area (Å²) >= 11 is 0. The van der Waals surface area contributed by atoms with E-state index < -0.39 is 0 Å². The van der Waals surface area contributed by atoms with E-state index in [4.69, 9.17) is 0 Å². The molecule has 5 nitrogen and oxygen atoms in total. The fourth-order valence-electron chi connectivity index (χ4n) is 3.67. The molecule has 2 amide bonds. The Balaban J connectivity index is 1.68. The maximum Gasteiger partial charge on any atom is 0.272 e. The van der Waals surface area contributed by atoms with Gasteiger partial charge in [-0.05, 0) is 37.5 Å². The van der Waals surface area contributed by atoms with E-state index in [1.807, 2.05) is 37.3 Å². The van der Waals surface area contributed by atoms with Crippen molar-refractivity contribution in [3.05, 3.63) is 65.5 Å². The molecule has 0 atom stereocenters. The first kappa shape index (κ1) is 20.1. The quantitative estimate of drug-likeness (QED) is 0.765. The van der Waals surface area contributed by atoms with E-state index in [-0.39, 0.29) is 17.9 Å². The third-order valence-electron chi connectivity index (χ3n) is 5.32. The number of nitrogens with one attached hydrogen (secondary N) is 1. The number of carbonyl (C=O) groups is 2. The van der Waals surface area contributed by atoms with Gasteiger partial charge in [0.05, 0.1) is 0 Å². The lowest BCUT2D eigenvalue weighted by atomic mass is 10.1. The second-order valence-electron chi connectivity index (χ2n) is 7.40. The topological polar surface area (TPSA) is 62.3 Å². The number of nitrogens with zero attached hydrogens (tertiary/aromatic N) is 2. The summed E-state index contributed by atoms with van der Waals surface area (Å²) in [6, 6.07) is 13.4. The van der Waals surface area contributed by atoms with Gasteiger partial charge < -0.3 is 10.2 Å². The highest BCUT2D eigenvalue weighted by atomic mass is 16.2. The molecule has 3 rings (SSSR count). The van der Waals surface area contributed by atoms with Gasteiger partial charge >= 0.3 is 0 Å². The second kappa shape index (κ2) is 10.0. The number of hydrogen-bond acceptors (Lipinski definition) is 3. The lowest BCUT2D eigenvalue weighted by molar-refractivity contribution is 0.0746. The molecule has 1 heterocycles. The number of rotatable bonds is 6. The third kappa shape index (κ3) is 5.41. The van der Waals surface area contributed by atoms with Crippen molar-refractivity contribution in [1.82, 2.24) is 15.2 Å². The van der Waals surface area contributed by atoms with Crippen molar-refractivity contribution in [1.29, 1.82) is 0 Å². The Hall–Kier alpha value is -2.69. The molecule has 28 heavy (non-hydrogen) atoms. The molecule has 1 fully saturated rings. The predicted molar refractivity (Wildman–Crippen MR) is 110 cm³/mol. The molecule has 0 spiro atoms. The van der Waals surface area contributed by atoms with E-state index in [9.17, 15) is 9.59 Å². The van der Waals surface area contributed by atoms with Gasteiger partial charge in [0.25, 0.3) is 11.8 Å². The van der Waals surface area contributed by atoms with Gasteiger partial charge in [-0.25, -0.2) is 0 Å². The average molecular weight is 380 g/mol. The molecule has 148 valence electrons. The summed E-state index contributed by atoms with van der Waals surface area (Å²) in [6.45, 7) is 3.05. The first-order chi connectivity index (χ1) is 13.7. The molecule has 1 aromatic heterocycles. The molecule has 5 heteroatoms. The number of hydrogen-bond donors (Lipinski definition) is 1. The average Bonchev–Trinajstić information content (AvgIpc) is 3.01. The summed E-state index contributed by atoms with van der Waals surface area (Å²) in [5.74, 6) is -0.273. The van der Waals surface area contributed by atoms with Crippen molar-refractivity contribution in [3.8, 4) is 0 Å². The Bertz CT molecular complexity index is 783. The van der Waals surface area contributed by atoms with E-state index in [0.29, 0.717) is 24.3 Å². The molecule has 0 bridgehead atoms. The normalized spacial score (nSPS) is 14.9. The largest absolute Gasteiger partial charge is 0.349 e. The van der Waals surface area contributed by atoms with Crippen molar-refractivity contribution < 1.29 is 9.59 Å². The number of pyridine rings is 1. The Morgan fingerprint density at radius 2 is 1.79 bits per heavy atom. The van der Waals surface area contributed by atoms with Gasteiger partial charge in [0.15, 0.2) is 0 Å². The van der Waals surface area contributed by atoms with Crippen molar-refractivity contribution in [2.24, 2.45) is 0 Å². The van der Waals surface area contributed by atoms with Gasteiger partial charge in [-0.15, -0.1) is 0 Å². The van der Waals surface area contributed by atoms with Gasteiger partial charge in [-0.3, -0.25) is 14.6 Å². The lowest BCUT2D eigenvalue weighted by Crippen LogP contribution is -2.35. The van der Waals surface area contributed by atoms with Crippen LogP contribution in [0.3, 0.4) is 0 Å². The fraction of sp³-hybridized carbons (Fsp3) is 0.435. The van der Waals surface area contributed by atoms with Crippen LogP contribution in [-0.4, -0.2) is 34.3 Å². The van der Waals surface area contributed by atoms with Crippen LogP contribution in [0.4, 0.5) is 0 Å². The van der Waals surface area contributed by atoms with E-state index >= 15 is 0 Å². The van der Waals surface area contributed by atoms with Gasteiger partial charge in [0, 0.05) is 30.9 Å². The SMILES string of the molecule is CCN(Cc1ccccc1)C(=O)c1cc(C(=O)NC2CCCCCC2)ccn1. The van der Waals surface area contributed by atoms with Gasteiger partial charge in [0.1, 0.15) is 5.69 Å². The van der Waals surface area contributed by atoms with Gasteiger partial charge in [0.2, 0.25) is 0 Å². The molecule has 0 unspecified atom stereocenters. The summed E-state index contributed by atoms with van der Waals surface area (Å²) in [5.41, 5.74) is 1.88. The van der Waals surface area contributed by atoms with Crippen molar-refractivity contribution in [2.75, 3.05) is 6.54 Å². The van der Waals surface area contributed by atoms with Gasteiger partial charge in [-0.1, -0.05) is 56.0 Å². The van der Waals surface area contributed by atoms with Crippen LogP contribution in [0.1, 0.15) is 71.9 Å². The maximum absolute atomic E-state index is 12.9. The van der Waals surface area contributed by atoms with Gasteiger partial charge in [-0.2, -0.15) is 0 Å². The number of aromatic nitrogens is 1. The zero-order valence-corrected chi connectivity index (χ0v) is 16.6. The Labute approximate surface area is 167 Å². The van der Waals surface area contributed by atoms with Crippen LogP contribution >= 0.6 is 0 Å². The van der Waals surface area contributed by atoms with Crippen LogP contribution in [-0.2, 0) is 6.54 Å². The summed E-state index contributed by atoms with van der Waals surface area (Å²) < 4.78 is 0. The second-order valence-corrected chi connectivity index (χ2v) is 7.40. The molecule has 0 aliphatic heterocycles. The molecule has 2 aromatic rings. The minimum absolute atomic E-state index is 0.116. The fourth-order valence-corrected chi connectivity index (χ4v) is 3.67. The van der Waals surface area contributed by atoms with E-state index in [1.165, 1.54) is 12.8 Å². The molecule has 0 saturated heterocycles. The molecule has 0 radical (unpaired) electrons. The summed E-state index contributed by atoms with van der Waals surface area (Å²) in [5, 5.41) is 3.13. The molecule has 1 aliphatic carbocycles. The van der Waals surface area contributed by atoms with E-state index in [0.717, 1.165) is 31.2 Å². The molecule has 1 saturated carbocycles. The first-order valence-electron chi connectivity index (χ1n) is 10.3. The zero-order chi connectivity index (χ0) is 19.8. The highest BCUT2D eigenvalue weighted by Crippen LogP contribution is 2.18. The summed E-state index contributed by atoms with van der Waals surface area (Å²) in [7, 11) is 0. The van der Waals surface area contributed by atoms with E-state index in [2.05, 4.69) is 10.3 Å². The minimum atomic E-state index is -0.157. The minimum Gasteiger partial charge on any atom is -0.349 e. The maximum atomic E-state index is 12.9. The molecule has 1 aliphatic rings. The van der Waals surface area contributed by atoms with Crippen LogP contribution in [0.25, 0.3) is 0 Å². The predicted octanol–water partition coefficient (Wildman–Crippen LogP) is 4.20. The van der Waals surface area contributed by atoms with Crippen molar-refractivity contribution in [2.45, 2.75) is 58.0 Å². The highest BCUT2D eigenvalue weighted by Gasteiger charge is 2.19. The van der Waals surface area contributed by atoms with Crippen LogP contribution in [0, 0.1) is 0 Å². The summed E-state index contributed by atoms with van der Waals surface area (Å²) in [4.78, 5) is 31.6. The Morgan fingerprint density at radius 3 is 2.46 bits per heavy atom. The first-order valence-corrected chi connectivity index (χ1v) is 10.3. The summed E-state index contributed by atoms with van der Waals surface area (Å²) in [6.07, 6.45) is 8.42. The monoisotopic (exact) mass is 379 g/mol. The number of benzene rings is 1. The highest BCUT2D eigenvalue weighted by molar-refractivity contribution is 5.98. The van der Waals surface area contributed by atoms with Crippen LogP contribution in [0.5, 0.6) is 0 Å². The molecule has 1 N–H and O–H groups in total. The van der Waals surface area contributed by atoms with Crippen LogP contribution in [0.15, 0.2) is 48.7 Å². The third-order valence-corrected chi connectivity index (χ3v) is 5.32. The molecular formula is C23H29N3O2. The Kier molecular flexibility index (Phi) is 7.18. The Morgan fingerprint density at radius 1 is 1.07 bits per heavy atom. The lowest BCUT2D eigenvalue weighted by Gasteiger charge is -2.21. The number of carbonyl (C=O) groups excluding carboxylic acids is 2. The van der Waals surface area contributed by atoms with Crippen molar-refractivity contribution >= 4 is 11.8 Å². The molecule has 1 aromatic carbocycles. The smallest absolute Gasteiger partial charge is 0.272 e. The van der Waals surface area contributed by atoms with Crippen LogP contribution in [0.2, 0.25) is 0 Å². The van der Waals surface area contributed by atoms with Crippen molar-refractivity contribution in [3.63, 3.8) is 0 Å².